The van der Waals surface area contributed by atoms with E-state index in [1.807, 2.05) is 66.7 Å². The van der Waals surface area contributed by atoms with E-state index in [1.165, 1.54) is 0 Å². The molecule has 0 amide bonds. The monoisotopic (exact) mass is 372 g/mol. The van der Waals surface area contributed by atoms with Gasteiger partial charge in [-0.15, -0.1) is 0 Å². The van der Waals surface area contributed by atoms with Gasteiger partial charge in [0.2, 0.25) is 0 Å². The highest BCUT2D eigenvalue weighted by atomic mass is 79.9. The van der Waals surface area contributed by atoms with Crippen LogP contribution in [0.25, 0.3) is 0 Å². The van der Waals surface area contributed by atoms with Crippen LogP contribution in [0.1, 0.15) is 5.76 Å². The van der Waals surface area contributed by atoms with Crippen LogP contribution in [0.15, 0.2) is 90.7 Å². The first kappa shape index (κ1) is 14.9. The molecule has 3 nitrogen and oxygen atoms in total. The summed E-state index contributed by atoms with van der Waals surface area (Å²) in [6.45, 7) is 0. The van der Waals surface area contributed by atoms with Crippen molar-refractivity contribution in [2.24, 2.45) is 5.10 Å². The number of hydrogen-bond acceptors (Lipinski definition) is 4. The molecule has 0 aliphatic rings. The average molecular weight is 373 g/mol. The average Bonchev–Trinajstić information content (AvgIpc) is 2.89. The van der Waals surface area contributed by atoms with Crippen molar-refractivity contribution in [1.29, 1.82) is 0 Å². The van der Waals surface area contributed by atoms with Crippen LogP contribution < -0.4 is 5.43 Å². The van der Waals surface area contributed by atoms with Gasteiger partial charge in [-0.2, -0.15) is 5.10 Å². The molecule has 1 N–H and O–H groups in total. The summed E-state index contributed by atoms with van der Waals surface area (Å²) in [5.74, 6) is 0.689. The number of nitrogens with zero attached hydrogens (tertiary/aromatic N) is 1. The minimum absolute atomic E-state index is 0.689. The summed E-state index contributed by atoms with van der Waals surface area (Å²) >= 11 is 5.08. The number of rotatable bonds is 5. The second kappa shape index (κ2) is 7.33. The number of para-hydroxylation sites is 1. The predicted octanol–water partition coefficient (Wildman–Crippen LogP) is 5.64. The van der Waals surface area contributed by atoms with Gasteiger partial charge in [-0.25, -0.2) is 0 Å². The van der Waals surface area contributed by atoms with Crippen LogP contribution in [0.2, 0.25) is 0 Å². The molecule has 0 radical (unpaired) electrons. The molecule has 3 aromatic rings. The second-order valence-corrected chi connectivity index (χ2v) is 6.34. The van der Waals surface area contributed by atoms with Crippen molar-refractivity contribution < 1.29 is 4.42 Å². The summed E-state index contributed by atoms with van der Waals surface area (Å²) in [5, 5.41) is 4.99. The number of anilines is 1. The molecular formula is C17H13BrN2OS. The van der Waals surface area contributed by atoms with E-state index in [1.54, 1.807) is 18.0 Å². The topological polar surface area (TPSA) is 37.5 Å². The van der Waals surface area contributed by atoms with Crippen molar-refractivity contribution in [1.82, 2.24) is 0 Å². The number of furan rings is 1. The van der Waals surface area contributed by atoms with Crippen molar-refractivity contribution in [3.8, 4) is 0 Å². The molecule has 110 valence electrons. The first-order valence-electron chi connectivity index (χ1n) is 6.67. The summed E-state index contributed by atoms with van der Waals surface area (Å²) in [7, 11) is 0. The molecule has 0 aliphatic heterocycles. The maximum Gasteiger partial charge on any atom is 0.180 e. The van der Waals surface area contributed by atoms with Crippen molar-refractivity contribution >= 4 is 39.6 Å². The third kappa shape index (κ3) is 4.02. The lowest BCUT2D eigenvalue weighted by atomic mass is 10.3. The predicted molar refractivity (Wildman–Crippen MR) is 94.6 cm³/mol. The second-order valence-electron chi connectivity index (χ2n) is 4.44. The van der Waals surface area contributed by atoms with Crippen LogP contribution in [0, 0.1) is 0 Å². The fourth-order valence-corrected chi connectivity index (χ4v) is 3.13. The Kier molecular flexibility index (Phi) is 4.98. The van der Waals surface area contributed by atoms with E-state index in [-0.39, 0.29) is 0 Å². The van der Waals surface area contributed by atoms with Crippen LogP contribution in [-0.4, -0.2) is 6.21 Å². The SMILES string of the molecule is Brc1cc(/C=N/Nc2ccccc2)oc1Sc1ccccc1. The summed E-state index contributed by atoms with van der Waals surface area (Å²) < 4.78 is 6.70. The molecule has 0 unspecified atom stereocenters. The molecule has 0 spiro atoms. The van der Waals surface area contributed by atoms with E-state index in [0.29, 0.717) is 5.76 Å². The van der Waals surface area contributed by atoms with Gasteiger partial charge < -0.3 is 4.42 Å². The third-order valence-electron chi connectivity index (χ3n) is 2.79. The zero-order valence-electron chi connectivity index (χ0n) is 11.6. The first-order valence-corrected chi connectivity index (χ1v) is 8.28. The quantitative estimate of drug-likeness (QED) is 0.465. The smallest absolute Gasteiger partial charge is 0.180 e. The molecule has 0 aliphatic carbocycles. The van der Waals surface area contributed by atoms with Crippen molar-refractivity contribution in [2.75, 3.05) is 5.43 Å². The minimum Gasteiger partial charge on any atom is -0.447 e. The largest absolute Gasteiger partial charge is 0.447 e. The Labute approximate surface area is 141 Å². The number of benzene rings is 2. The standard InChI is InChI=1S/C17H13BrN2OS/c18-16-11-14(12-19-20-13-7-3-1-4-8-13)21-17(16)22-15-9-5-2-6-10-15/h1-12,20H/b19-12+. The van der Waals surface area contributed by atoms with Gasteiger partial charge in [0.05, 0.1) is 16.4 Å². The summed E-state index contributed by atoms with van der Waals surface area (Å²) in [6, 6.07) is 21.8. The molecule has 0 fully saturated rings. The van der Waals surface area contributed by atoms with Crippen LogP contribution in [0.3, 0.4) is 0 Å². The van der Waals surface area contributed by atoms with E-state index < -0.39 is 0 Å². The van der Waals surface area contributed by atoms with Crippen LogP contribution >= 0.6 is 27.7 Å². The fourth-order valence-electron chi connectivity index (χ4n) is 1.78. The maximum absolute atomic E-state index is 5.78. The van der Waals surface area contributed by atoms with Gasteiger partial charge in [0.25, 0.3) is 0 Å². The van der Waals surface area contributed by atoms with Crippen molar-refractivity contribution in [3.63, 3.8) is 0 Å². The third-order valence-corrected chi connectivity index (χ3v) is 4.64. The Hall–Kier alpha value is -1.98. The molecule has 3 rings (SSSR count). The van der Waals surface area contributed by atoms with Crippen molar-refractivity contribution in [3.05, 3.63) is 77.0 Å². The molecule has 0 bridgehead atoms. The number of nitrogens with one attached hydrogen (secondary N) is 1. The maximum atomic E-state index is 5.78. The Morgan fingerprint density at radius 2 is 1.68 bits per heavy atom. The normalized spacial score (nSPS) is 11.0. The zero-order valence-corrected chi connectivity index (χ0v) is 14.0. The van der Waals surface area contributed by atoms with Crippen LogP contribution in [0.4, 0.5) is 5.69 Å². The van der Waals surface area contributed by atoms with E-state index in [4.69, 9.17) is 4.42 Å². The van der Waals surface area contributed by atoms with E-state index in [0.717, 1.165) is 20.1 Å². The van der Waals surface area contributed by atoms with Gasteiger partial charge in [-0.1, -0.05) is 48.2 Å². The Balaban J connectivity index is 1.67. The lowest BCUT2D eigenvalue weighted by Gasteiger charge is -1.98. The van der Waals surface area contributed by atoms with Gasteiger partial charge in [0, 0.05) is 11.0 Å². The molecule has 0 atom stereocenters. The van der Waals surface area contributed by atoms with E-state index in [9.17, 15) is 0 Å². The van der Waals surface area contributed by atoms with E-state index in [2.05, 4.69) is 26.5 Å². The zero-order chi connectivity index (χ0) is 15.2. The Morgan fingerprint density at radius 3 is 2.41 bits per heavy atom. The van der Waals surface area contributed by atoms with Gasteiger partial charge in [0.1, 0.15) is 5.76 Å². The highest BCUT2D eigenvalue weighted by Gasteiger charge is 2.09. The lowest BCUT2D eigenvalue weighted by molar-refractivity contribution is 0.466. The van der Waals surface area contributed by atoms with Gasteiger partial charge >= 0.3 is 0 Å². The van der Waals surface area contributed by atoms with Gasteiger partial charge in [-0.3, -0.25) is 5.43 Å². The van der Waals surface area contributed by atoms with E-state index >= 15 is 0 Å². The van der Waals surface area contributed by atoms with Gasteiger partial charge in [-0.05, 0) is 40.2 Å². The molecule has 22 heavy (non-hydrogen) atoms. The highest BCUT2D eigenvalue weighted by Crippen LogP contribution is 2.35. The molecule has 1 aromatic heterocycles. The molecule has 2 aromatic carbocycles. The van der Waals surface area contributed by atoms with Crippen LogP contribution in [-0.2, 0) is 0 Å². The fraction of sp³-hybridized carbons (Fsp3) is 0. The van der Waals surface area contributed by atoms with Crippen molar-refractivity contribution in [2.45, 2.75) is 9.99 Å². The molecule has 1 heterocycles. The highest BCUT2D eigenvalue weighted by molar-refractivity contribution is 9.10. The van der Waals surface area contributed by atoms with Gasteiger partial charge in [0.15, 0.2) is 5.09 Å². The molecule has 0 saturated carbocycles. The number of hydrazone groups is 1. The summed E-state index contributed by atoms with van der Waals surface area (Å²) in [4.78, 5) is 1.13. The Morgan fingerprint density at radius 1 is 1.00 bits per heavy atom. The summed E-state index contributed by atoms with van der Waals surface area (Å²) in [5.41, 5.74) is 3.89. The molecule has 0 saturated heterocycles. The first-order chi connectivity index (χ1) is 10.8. The molecule has 5 heteroatoms. The molecular weight excluding hydrogens is 360 g/mol. The lowest BCUT2D eigenvalue weighted by Crippen LogP contribution is -1.88. The Bertz CT molecular complexity index is 757. The number of hydrogen-bond donors (Lipinski definition) is 1. The van der Waals surface area contributed by atoms with Crippen LogP contribution in [0.5, 0.6) is 0 Å². The number of halogens is 1. The minimum atomic E-state index is 0.689. The summed E-state index contributed by atoms with van der Waals surface area (Å²) in [6.07, 6.45) is 1.66.